The molecule has 4 heterocycles. The van der Waals surface area contributed by atoms with Crippen molar-refractivity contribution in [3.63, 3.8) is 0 Å². The van der Waals surface area contributed by atoms with Crippen LogP contribution in [-0.2, 0) is 4.74 Å². The van der Waals surface area contributed by atoms with E-state index in [-0.39, 0.29) is 5.91 Å². The predicted octanol–water partition coefficient (Wildman–Crippen LogP) is 1.52. The highest BCUT2D eigenvalue weighted by atomic mass is 16.5. The van der Waals surface area contributed by atoms with Crippen LogP contribution in [-0.4, -0.2) is 70.5 Å². The third-order valence-electron chi connectivity index (χ3n) is 5.37. The summed E-state index contributed by atoms with van der Waals surface area (Å²) in [6.07, 6.45) is 6.61. The number of hydrogen-bond acceptors (Lipinski definition) is 4. The standard InChI is InChI=1S/C18H24N4O2/c1-2-14-11-22(13-16(14)20-7-9-24-10-8-20)18(23)15-3-4-17-19-5-6-21(17)12-15/h3-6,12,14,16H,2,7-11,13H2,1H3/t14-,16+/m0/s1. The van der Waals surface area contributed by atoms with E-state index in [9.17, 15) is 4.79 Å². The number of ether oxygens (including phenoxy) is 1. The molecule has 0 saturated carbocycles. The van der Waals surface area contributed by atoms with Crippen LogP contribution in [0.4, 0.5) is 0 Å². The van der Waals surface area contributed by atoms with Crippen molar-refractivity contribution in [2.45, 2.75) is 19.4 Å². The van der Waals surface area contributed by atoms with E-state index in [2.05, 4.69) is 16.8 Å². The third-order valence-corrected chi connectivity index (χ3v) is 5.37. The molecule has 2 aromatic heterocycles. The van der Waals surface area contributed by atoms with Crippen LogP contribution in [0.25, 0.3) is 5.65 Å². The van der Waals surface area contributed by atoms with E-state index in [1.54, 1.807) is 6.20 Å². The Hall–Kier alpha value is -1.92. The number of nitrogens with zero attached hydrogens (tertiary/aromatic N) is 4. The highest BCUT2D eigenvalue weighted by molar-refractivity contribution is 5.94. The number of likely N-dealkylation sites (tertiary alicyclic amines) is 1. The quantitative estimate of drug-likeness (QED) is 0.857. The molecule has 0 bridgehead atoms. The number of pyridine rings is 1. The summed E-state index contributed by atoms with van der Waals surface area (Å²) in [6.45, 7) is 7.45. The zero-order valence-electron chi connectivity index (χ0n) is 14.1. The van der Waals surface area contributed by atoms with Gasteiger partial charge in [0.25, 0.3) is 5.91 Å². The summed E-state index contributed by atoms with van der Waals surface area (Å²) in [5.74, 6) is 0.670. The second-order valence-corrected chi connectivity index (χ2v) is 6.70. The Kier molecular flexibility index (Phi) is 4.24. The van der Waals surface area contributed by atoms with Gasteiger partial charge in [0.05, 0.1) is 18.8 Å². The molecule has 2 atom stereocenters. The van der Waals surface area contributed by atoms with Gasteiger partial charge in [-0.15, -0.1) is 0 Å². The molecule has 2 aromatic rings. The summed E-state index contributed by atoms with van der Waals surface area (Å²) in [7, 11) is 0. The highest BCUT2D eigenvalue weighted by Gasteiger charge is 2.38. The van der Waals surface area contributed by atoms with Gasteiger partial charge >= 0.3 is 0 Å². The molecule has 0 N–H and O–H groups in total. The molecule has 4 rings (SSSR count). The minimum Gasteiger partial charge on any atom is -0.379 e. The number of amides is 1. The molecule has 0 radical (unpaired) electrons. The zero-order chi connectivity index (χ0) is 16.5. The van der Waals surface area contributed by atoms with Crippen LogP contribution < -0.4 is 0 Å². The Morgan fingerprint density at radius 1 is 1.29 bits per heavy atom. The summed E-state index contributed by atoms with van der Waals surface area (Å²) in [4.78, 5) is 21.7. The number of rotatable bonds is 3. The molecule has 0 aromatic carbocycles. The number of fused-ring (bicyclic) bond motifs is 1. The van der Waals surface area contributed by atoms with Crippen LogP contribution in [0.3, 0.4) is 0 Å². The van der Waals surface area contributed by atoms with Crippen molar-refractivity contribution in [2.24, 2.45) is 5.92 Å². The molecule has 24 heavy (non-hydrogen) atoms. The molecular formula is C18H24N4O2. The first-order valence-corrected chi connectivity index (χ1v) is 8.80. The van der Waals surface area contributed by atoms with Crippen molar-refractivity contribution in [3.05, 3.63) is 36.3 Å². The van der Waals surface area contributed by atoms with E-state index < -0.39 is 0 Å². The van der Waals surface area contributed by atoms with Crippen LogP contribution in [0.5, 0.6) is 0 Å². The molecule has 128 valence electrons. The van der Waals surface area contributed by atoms with Gasteiger partial charge < -0.3 is 14.0 Å². The lowest BCUT2D eigenvalue weighted by atomic mass is 9.99. The summed E-state index contributed by atoms with van der Waals surface area (Å²) in [6, 6.07) is 4.24. The molecule has 6 heteroatoms. The summed E-state index contributed by atoms with van der Waals surface area (Å²) in [5.41, 5.74) is 1.60. The van der Waals surface area contributed by atoms with Crippen molar-refractivity contribution in [1.29, 1.82) is 0 Å². The molecule has 0 unspecified atom stereocenters. The first-order chi connectivity index (χ1) is 11.8. The lowest BCUT2D eigenvalue weighted by Crippen LogP contribution is -2.47. The van der Waals surface area contributed by atoms with Gasteiger partial charge in [-0.25, -0.2) is 4.98 Å². The minimum atomic E-state index is 0.125. The topological polar surface area (TPSA) is 50.1 Å². The second-order valence-electron chi connectivity index (χ2n) is 6.70. The highest BCUT2D eigenvalue weighted by Crippen LogP contribution is 2.27. The fourth-order valence-electron chi connectivity index (χ4n) is 3.97. The summed E-state index contributed by atoms with van der Waals surface area (Å²) < 4.78 is 7.38. The first kappa shape index (κ1) is 15.6. The van der Waals surface area contributed by atoms with Gasteiger partial charge in [-0.2, -0.15) is 0 Å². The Bertz CT molecular complexity index is 723. The van der Waals surface area contributed by atoms with E-state index in [0.717, 1.165) is 57.0 Å². The van der Waals surface area contributed by atoms with Crippen molar-refractivity contribution in [1.82, 2.24) is 19.2 Å². The molecule has 0 spiro atoms. The summed E-state index contributed by atoms with van der Waals surface area (Å²) in [5, 5.41) is 0. The largest absolute Gasteiger partial charge is 0.379 e. The van der Waals surface area contributed by atoms with Crippen molar-refractivity contribution in [2.75, 3.05) is 39.4 Å². The monoisotopic (exact) mass is 328 g/mol. The van der Waals surface area contributed by atoms with Gasteiger partial charge in [0.2, 0.25) is 0 Å². The number of aromatic nitrogens is 2. The van der Waals surface area contributed by atoms with Crippen molar-refractivity contribution in [3.8, 4) is 0 Å². The fourth-order valence-corrected chi connectivity index (χ4v) is 3.97. The summed E-state index contributed by atoms with van der Waals surface area (Å²) >= 11 is 0. The molecule has 6 nitrogen and oxygen atoms in total. The molecule has 2 aliphatic heterocycles. The van der Waals surface area contributed by atoms with Gasteiger partial charge in [-0.05, 0) is 18.1 Å². The number of morpholine rings is 1. The Labute approximate surface area is 142 Å². The second kappa shape index (κ2) is 6.53. The average molecular weight is 328 g/mol. The van der Waals surface area contributed by atoms with Crippen molar-refractivity contribution >= 4 is 11.6 Å². The van der Waals surface area contributed by atoms with Crippen LogP contribution in [0.1, 0.15) is 23.7 Å². The van der Waals surface area contributed by atoms with E-state index in [1.807, 2.05) is 33.8 Å². The van der Waals surface area contributed by atoms with E-state index in [0.29, 0.717) is 12.0 Å². The zero-order valence-corrected chi connectivity index (χ0v) is 14.1. The average Bonchev–Trinajstić information content (AvgIpc) is 3.27. The van der Waals surface area contributed by atoms with Crippen LogP contribution in [0.15, 0.2) is 30.7 Å². The Balaban J connectivity index is 1.51. The molecule has 2 fully saturated rings. The number of imidazole rings is 1. The molecule has 0 aliphatic carbocycles. The lowest BCUT2D eigenvalue weighted by molar-refractivity contribution is 0.0103. The third kappa shape index (κ3) is 2.80. The molecule has 1 amide bonds. The van der Waals surface area contributed by atoms with Crippen LogP contribution in [0, 0.1) is 5.92 Å². The molecular weight excluding hydrogens is 304 g/mol. The Morgan fingerprint density at radius 2 is 2.12 bits per heavy atom. The van der Waals surface area contributed by atoms with E-state index in [1.165, 1.54) is 0 Å². The number of carbonyl (C=O) groups is 1. The van der Waals surface area contributed by atoms with Gasteiger partial charge in [0.1, 0.15) is 5.65 Å². The predicted molar refractivity (Wildman–Crippen MR) is 91.1 cm³/mol. The van der Waals surface area contributed by atoms with Crippen molar-refractivity contribution < 1.29 is 9.53 Å². The van der Waals surface area contributed by atoms with Crippen LogP contribution in [0.2, 0.25) is 0 Å². The number of hydrogen-bond donors (Lipinski definition) is 0. The van der Waals surface area contributed by atoms with E-state index >= 15 is 0 Å². The van der Waals surface area contributed by atoms with Gasteiger partial charge in [0.15, 0.2) is 0 Å². The van der Waals surface area contributed by atoms with Gasteiger partial charge in [-0.3, -0.25) is 9.69 Å². The minimum absolute atomic E-state index is 0.125. The maximum Gasteiger partial charge on any atom is 0.255 e. The van der Waals surface area contributed by atoms with E-state index in [4.69, 9.17) is 4.74 Å². The normalized spacial score (nSPS) is 25.5. The van der Waals surface area contributed by atoms with Gasteiger partial charge in [0, 0.05) is 50.8 Å². The molecule has 2 saturated heterocycles. The van der Waals surface area contributed by atoms with Crippen LogP contribution >= 0.6 is 0 Å². The first-order valence-electron chi connectivity index (χ1n) is 8.80. The molecule has 2 aliphatic rings. The smallest absolute Gasteiger partial charge is 0.255 e. The maximum absolute atomic E-state index is 13.0. The SMILES string of the molecule is CC[C@H]1CN(C(=O)c2ccc3nccn3c2)C[C@H]1N1CCOCC1. The maximum atomic E-state index is 13.0. The lowest BCUT2D eigenvalue weighted by Gasteiger charge is -2.34. The fraction of sp³-hybridized carbons (Fsp3) is 0.556. The van der Waals surface area contributed by atoms with Gasteiger partial charge in [-0.1, -0.05) is 13.3 Å². The number of carbonyl (C=O) groups excluding carboxylic acids is 1. The Morgan fingerprint density at radius 3 is 2.92 bits per heavy atom.